The Kier molecular flexibility index (Phi) is 6.22. The van der Waals surface area contributed by atoms with E-state index in [0.717, 1.165) is 12.0 Å². The molecule has 1 rings (SSSR count). The lowest BCUT2D eigenvalue weighted by Crippen LogP contribution is -2.34. The molecule has 0 aliphatic carbocycles. The van der Waals surface area contributed by atoms with E-state index in [1.807, 2.05) is 30.3 Å². The second kappa shape index (κ2) is 7.68. The summed E-state index contributed by atoms with van der Waals surface area (Å²) in [4.78, 5) is 24.5. The molecule has 0 heterocycles. The molecule has 0 saturated heterocycles. The Labute approximate surface area is 120 Å². The summed E-state index contributed by atoms with van der Waals surface area (Å²) in [5.74, 6) is -1.24. The first-order valence-electron chi connectivity index (χ1n) is 6.97. The zero-order valence-electron chi connectivity index (χ0n) is 12.4. The van der Waals surface area contributed by atoms with E-state index >= 15 is 0 Å². The van der Waals surface area contributed by atoms with Gasteiger partial charge in [0, 0.05) is 20.0 Å². The van der Waals surface area contributed by atoms with Gasteiger partial charge in [-0.05, 0) is 17.9 Å². The van der Waals surface area contributed by atoms with Crippen molar-refractivity contribution in [3.8, 4) is 0 Å². The molecule has 4 nitrogen and oxygen atoms in total. The number of aliphatic carboxylic acids is 1. The number of carbonyl (C=O) groups excluding carboxylic acids is 1. The van der Waals surface area contributed by atoms with Gasteiger partial charge in [0.25, 0.3) is 0 Å². The molecule has 0 aliphatic heterocycles. The molecule has 2 unspecified atom stereocenters. The Bertz CT molecular complexity index is 444. The Balaban J connectivity index is 2.61. The van der Waals surface area contributed by atoms with Gasteiger partial charge in [-0.1, -0.05) is 44.2 Å². The van der Waals surface area contributed by atoms with Gasteiger partial charge in [0.2, 0.25) is 5.91 Å². The highest BCUT2D eigenvalue weighted by molar-refractivity contribution is 5.78. The number of hydrogen-bond acceptors (Lipinski definition) is 2. The third kappa shape index (κ3) is 4.68. The van der Waals surface area contributed by atoms with E-state index in [1.165, 1.54) is 4.90 Å². The molecule has 0 radical (unpaired) electrons. The third-order valence-corrected chi connectivity index (χ3v) is 3.58. The fourth-order valence-electron chi connectivity index (χ4n) is 2.18. The van der Waals surface area contributed by atoms with Crippen LogP contribution in [0.15, 0.2) is 30.3 Å². The number of amides is 1. The summed E-state index contributed by atoms with van der Waals surface area (Å²) in [7, 11) is 1.67. The van der Waals surface area contributed by atoms with Crippen LogP contribution in [0.25, 0.3) is 0 Å². The van der Waals surface area contributed by atoms with Crippen molar-refractivity contribution in [1.82, 2.24) is 4.90 Å². The summed E-state index contributed by atoms with van der Waals surface area (Å²) in [6.45, 7) is 3.92. The quantitative estimate of drug-likeness (QED) is 0.833. The van der Waals surface area contributed by atoms with Crippen LogP contribution in [0.1, 0.15) is 38.2 Å². The highest BCUT2D eigenvalue weighted by Gasteiger charge is 2.20. The highest BCUT2D eigenvalue weighted by Crippen LogP contribution is 2.23. The Morgan fingerprint density at radius 3 is 2.35 bits per heavy atom. The van der Waals surface area contributed by atoms with Crippen LogP contribution in [-0.4, -0.2) is 35.5 Å². The van der Waals surface area contributed by atoms with Crippen molar-refractivity contribution in [3.63, 3.8) is 0 Å². The summed E-state index contributed by atoms with van der Waals surface area (Å²) < 4.78 is 0. The predicted octanol–water partition coefficient (Wildman–Crippen LogP) is 2.75. The van der Waals surface area contributed by atoms with E-state index in [4.69, 9.17) is 5.11 Å². The van der Waals surface area contributed by atoms with Crippen LogP contribution in [0.2, 0.25) is 0 Å². The van der Waals surface area contributed by atoms with Crippen molar-refractivity contribution in [3.05, 3.63) is 35.9 Å². The molecule has 110 valence electrons. The number of carbonyl (C=O) groups is 2. The molecule has 0 aliphatic rings. The molecular weight excluding hydrogens is 254 g/mol. The average molecular weight is 277 g/mol. The number of hydrogen-bond donors (Lipinski definition) is 1. The summed E-state index contributed by atoms with van der Waals surface area (Å²) >= 11 is 0. The molecule has 2 atom stereocenters. The van der Waals surface area contributed by atoms with Crippen molar-refractivity contribution in [2.24, 2.45) is 5.92 Å². The maximum absolute atomic E-state index is 12.2. The summed E-state index contributed by atoms with van der Waals surface area (Å²) in [6.07, 6.45) is 1.31. The van der Waals surface area contributed by atoms with Crippen molar-refractivity contribution in [2.45, 2.75) is 32.6 Å². The lowest BCUT2D eigenvalue weighted by Gasteiger charge is -2.22. The topological polar surface area (TPSA) is 57.6 Å². The van der Waals surface area contributed by atoms with Crippen LogP contribution in [0.3, 0.4) is 0 Å². The summed E-state index contributed by atoms with van der Waals surface area (Å²) in [5.41, 5.74) is 1.16. The molecule has 4 heteroatoms. The van der Waals surface area contributed by atoms with Gasteiger partial charge in [-0.25, -0.2) is 0 Å². The molecular formula is C16H23NO3. The van der Waals surface area contributed by atoms with Gasteiger partial charge in [-0.15, -0.1) is 0 Å². The first-order valence-corrected chi connectivity index (χ1v) is 6.97. The summed E-state index contributed by atoms with van der Waals surface area (Å²) in [6, 6.07) is 9.96. The van der Waals surface area contributed by atoms with E-state index in [0.29, 0.717) is 6.42 Å². The molecule has 0 spiro atoms. The zero-order valence-corrected chi connectivity index (χ0v) is 12.4. The number of rotatable bonds is 7. The van der Waals surface area contributed by atoms with Crippen LogP contribution < -0.4 is 0 Å². The molecule has 0 aromatic heterocycles. The van der Waals surface area contributed by atoms with Crippen molar-refractivity contribution in [2.75, 3.05) is 13.6 Å². The zero-order chi connectivity index (χ0) is 15.1. The standard InChI is InChI=1S/C16H23NO3/c1-4-13(14-8-6-5-7-9-14)10-15(18)17(3)11-12(2)16(19)20/h5-9,12-13H,4,10-11H2,1-3H3,(H,19,20). The van der Waals surface area contributed by atoms with Gasteiger partial charge < -0.3 is 10.0 Å². The number of carboxylic acids is 1. The van der Waals surface area contributed by atoms with Gasteiger partial charge in [-0.2, -0.15) is 0 Å². The fourth-order valence-corrected chi connectivity index (χ4v) is 2.18. The third-order valence-electron chi connectivity index (χ3n) is 3.58. The molecule has 0 fully saturated rings. The van der Waals surface area contributed by atoms with Gasteiger partial charge in [0.05, 0.1) is 5.92 Å². The van der Waals surface area contributed by atoms with E-state index in [-0.39, 0.29) is 18.4 Å². The number of benzene rings is 1. The van der Waals surface area contributed by atoms with Crippen LogP contribution in [-0.2, 0) is 9.59 Å². The maximum Gasteiger partial charge on any atom is 0.308 e. The molecule has 20 heavy (non-hydrogen) atoms. The minimum absolute atomic E-state index is 0.00574. The summed E-state index contributed by atoms with van der Waals surface area (Å²) in [5, 5.41) is 8.88. The monoisotopic (exact) mass is 277 g/mol. The minimum atomic E-state index is -0.875. The predicted molar refractivity (Wildman–Crippen MR) is 78.5 cm³/mol. The van der Waals surface area contributed by atoms with E-state index in [2.05, 4.69) is 6.92 Å². The first kappa shape index (κ1) is 16.2. The number of nitrogens with zero attached hydrogens (tertiary/aromatic N) is 1. The first-order chi connectivity index (χ1) is 9.45. The molecule has 0 bridgehead atoms. The largest absolute Gasteiger partial charge is 0.481 e. The van der Waals surface area contributed by atoms with Crippen LogP contribution in [0.4, 0.5) is 0 Å². The van der Waals surface area contributed by atoms with Crippen molar-refractivity contribution in [1.29, 1.82) is 0 Å². The lowest BCUT2D eigenvalue weighted by atomic mass is 9.92. The van der Waals surface area contributed by atoms with Crippen molar-refractivity contribution >= 4 is 11.9 Å². The normalized spacial score (nSPS) is 13.6. The Hall–Kier alpha value is -1.84. The number of carboxylic acid groups (broad SMARTS) is 1. The van der Waals surface area contributed by atoms with E-state index in [9.17, 15) is 9.59 Å². The van der Waals surface area contributed by atoms with Crippen LogP contribution in [0.5, 0.6) is 0 Å². The smallest absolute Gasteiger partial charge is 0.308 e. The second-order valence-electron chi connectivity index (χ2n) is 5.23. The lowest BCUT2D eigenvalue weighted by molar-refractivity contribution is -0.142. The molecule has 0 saturated carbocycles. The Morgan fingerprint density at radius 1 is 1.25 bits per heavy atom. The molecule has 1 aromatic rings. The highest BCUT2D eigenvalue weighted by atomic mass is 16.4. The average Bonchev–Trinajstić information content (AvgIpc) is 2.45. The fraction of sp³-hybridized carbons (Fsp3) is 0.500. The second-order valence-corrected chi connectivity index (χ2v) is 5.23. The van der Waals surface area contributed by atoms with Crippen LogP contribution in [0, 0.1) is 5.92 Å². The molecule has 1 amide bonds. The molecule has 1 N–H and O–H groups in total. The molecule has 1 aromatic carbocycles. The van der Waals surface area contributed by atoms with Gasteiger partial charge in [0.1, 0.15) is 0 Å². The van der Waals surface area contributed by atoms with Gasteiger partial charge >= 0.3 is 5.97 Å². The van der Waals surface area contributed by atoms with Gasteiger partial charge in [0.15, 0.2) is 0 Å². The van der Waals surface area contributed by atoms with E-state index in [1.54, 1.807) is 14.0 Å². The van der Waals surface area contributed by atoms with Crippen LogP contribution >= 0.6 is 0 Å². The van der Waals surface area contributed by atoms with E-state index < -0.39 is 11.9 Å². The SMILES string of the molecule is CCC(CC(=O)N(C)CC(C)C(=O)O)c1ccccc1. The van der Waals surface area contributed by atoms with Gasteiger partial charge in [-0.3, -0.25) is 9.59 Å². The maximum atomic E-state index is 12.2. The minimum Gasteiger partial charge on any atom is -0.481 e. The van der Waals surface area contributed by atoms with Crippen molar-refractivity contribution < 1.29 is 14.7 Å². The Morgan fingerprint density at radius 2 is 1.85 bits per heavy atom.